The minimum atomic E-state index is -0.394. The number of carbonyl (C=O) groups excluding carboxylic acids is 2. The van der Waals surface area contributed by atoms with Crippen LogP contribution in [0.1, 0.15) is 21.1 Å². The second kappa shape index (κ2) is 8.05. The third kappa shape index (κ3) is 4.44. The van der Waals surface area contributed by atoms with E-state index in [0.29, 0.717) is 20.0 Å². The fourth-order valence-electron chi connectivity index (χ4n) is 2.00. The molecule has 0 aliphatic rings. The predicted molar refractivity (Wildman–Crippen MR) is 110 cm³/mol. The normalized spacial score (nSPS) is 10.9. The lowest BCUT2D eigenvalue weighted by Gasteiger charge is -1.98. The Morgan fingerprint density at radius 3 is 2.62 bits per heavy atom. The van der Waals surface area contributed by atoms with E-state index in [4.69, 9.17) is 17.3 Å². The first-order chi connectivity index (χ1) is 12.3. The Labute approximate surface area is 170 Å². The number of aryl methyl sites for hydroxylation is 2. The van der Waals surface area contributed by atoms with E-state index in [0.717, 1.165) is 19.8 Å². The van der Waals surface area contributed by atoms with Gasteiger partial charge >= 0.3 is 0 Å². The van der Waals surface area contributed by atoms with Gasteiger partial charge in [-0.05, 0) is 26.0 Å². The molecule has 0 radical (unpaired) electrons. The molecule has 3 heterocycles. The topological polar surface area (TPSA) is 98.0 Å². The van der Waals surface area contributed by atoms with E-state index in [1.807, 2.05) is 19.1 Å². The Bertz CT molecular complexity index is 978. The molecule has 0 bridgehead atoms. The molecule has 3 aromatic heterocycles. The zero-order valence-electron chi connectivity index (χ0n) is 13.7. The molecule has 0 aromatic carbocycles. The summed E-state index contributed by atoms with van der Waals surface area (Å²) in [6, 6.07) is 3.70. The van der Waals surface area contributed by atoms with Crippen LogP contribution in [-0.2, 0) is 4.79 Å². The number of thiophene rings is 1. The molecule has 0 spiro atoms. The quantitative estimate of drug-likeness (QED) is 0.548. The summed E-state index contributed by atoms with van der Waals surface area (Å²) in [7, 11) is 0. The van der Waals surface area contributed by atoms with Gasteiger partial charge in [0.1, 0.15) is 9.88 Å². The van der Waals surface area contributed by atoms with E-state index in [9.17, 15) is 9.59 Å². The number of hydrogen-bond acceptors (Lipinski definition) is 8. The van der Waals surface area contributed by atoms with Gasteiger partial charge in [0.05, 0.1) is 30.6 Å². The van der Waals surface area contributed by atoms with Gasteiger partial charge in [0.15, 0.2) is 5.13 Å². The average molecular weight is 445 g/mol. The monoisotopic (exact) mass is 444 g/mol. The van der Waals surface area contributed by atoms with Crippen LogP contribution >= 0.6 is 57.4 Å². The second-order valence-electron chi connectivity index (χ2n) is 5.14. The van der Waals surface area contributed by atoms with Gasteiger partial charge < -0.3 is 5.73 Å². The van der Waals surface area contributed by atoms with E-state index in [2.05, 4.69) is 15.3 Å². The molecule has 0 atom stereocenters. The molecule has 0 saturated carbocycles. The Hall–Kier alpha value is -1.46. The molecular weight excluding hydrogens is 432 g/mol. The number of thioether (sulfide) groups is 1. The highest BCUT2D eigenvalue weighted by molar-refractivity contribution is 8.01. The number of nitrogens with two attached hydrogens (primary N) is 1. The average Bonchev–Trinajstić information content (AvgIpc) is 3.24. The number of rotatable bonds is 6. The molecule has 0 aliphatic carbocycles. The van der Waals surface area contributed by atoms with Crippen molar-refractivity contribution in [2.24, 2.45) is 5.73 Å². The first-order valence-corrected chi connectivity index (χ1v) is 11.1. The summed E-state index contributed by atoms with van der Waals surface area (Å²) in [5, 5.41) is 4.05. The third-order valence-electron chi connectivity index (χ3n) is 3.11. The van der Waals surface area contributed by atoms with Crippen LogP contribution in [0.3, 0.4) is 0 Å². The van der Waals surface area contributed by atoms with Crippen LogP contribution in [0.4, 0.5) is 5.13 Å². The third-order valence-corrected chi connectivity index (χ3v) is 8.12. The number of anilines is 1. The summed E-state index contributed by atoms with van der Waals surface area (Å²) >= 11 is 11.3. The molecule has 26 heavy (non-hydrogen) atoms. The predicted octanol–water partition coefficient (Wildman–Crippen LogP) is 4.43. The number of nitrogens with one attached hydrogen (secondary N) is 1. The maximum Gasteiger partial charge on any atom is 0.269 e. The number of halogens is 1. The van der Waals surface area contributed by atoms with Gasteiger partial charge in [-0.1, -0.05) is 22.9 Å². The number of primary amides is 1. The van der Waals surface area contributed by atoms with Crippen molar-refractivity contribution in [3.63, 3.8) is 0 Å². The van der Waals surface area contributed by atoms with Gasteiger partial charge in [0.25, 0.3) is 5.91 Å². The summed E-state index contributed by atoms with van der Waals surface area (Å²) < 4.78 is 1.53. The van der Waals surface area contributed by atoms with E-state index in [1.165, 1.54) is 45.8 Å². The summed E-state index contributed by atoms with van der Waals surface area (Å²) in [4.78, 5) is 33.8. The van der Waals surface area contributed by atoms with Crippen LogP contribution < -0.4 is 11.1 Å². The Kier molecular flexibility index (Phi) is 5.98. The van der Waals surface area contributed by atoms with Crippen molar-refractivity contribution in [1.29, 1.82) is 0 Å². The van der Waals surface area contributed by atoms with Crippen molar-refractivity contribution in [2.75, 3.05) is 11.1 Å². The maximum absolute atomic E-state index is 12.6. The summed E-state index contributed by atoms with van der Waals surface area (Å²) in [5.41, 5.74) is 6.58. The van der Waals surface area contributed by atoms with E-state index < -0.39 is 5.91 Å². The standard InChI is InChI=1S/C15H13ClN4O2S4/c1-6-11(25-13(18-6)8-3-4-9(16)24-8)12(22)20-15-19-7(2)14(26-15)23-5-10(17)21/h3-4H,5H2,1-2H3,(H2,17,21)(H,19,20,22). The van der Waals surface area contributed by atoms with Gasteiger partial charge in [0, 0.05) is 0 Å². The first-order valence-electron chi connectivity index (χ1n) is 7.26. The molecule has 3 aromatic rings. The van der Waals surface area contributed by atoms with Crippen LogP contribution in [0.25, 0.3) is 9.88 Å². The number of carbonyl (C=O) groups is 2. The summed E-state index contributed by atoms with van der Waals surface area (Å²) in [6.45, 7) is 3.62. The lowest BCUT2D eigenvalue weighted by Crippen LogP contribution is -2.12. The first kappa shape index (κ1) is 19.3. The van der Waals surface area contributed by atoms with Gasteiger partial charge in [-0.3, -0.25) is 14.9 Å². The van der Waals surface area contributed by atoms with Crippen LogP contribution in [0.2, 0.25) is 4.34 Å². The fourth-order valence-corrected chi connectivity index (χ4v) is 5.93. The van der Waals surface area contributed by atoms with Crippen LogP contribution in [-0.4, -0.2) is 27.5 Å². The summed E-state index contributed by atoms with van der Waals surface area (Å²) in [5.74, 6) is -0.471. The molecule has 3 N–H and O–H groups in total. The molecule has 0 unspecified atom stereocenters. The highest BCUT2D eigenvalue weighted by Gasteiger charge is 2.19. The molecule has 6 nitrogen and oxygen atoms in total. The number of hydrogen-bond donors (Lipinski definition) is 2. The van der Waals surface area contributed by atoms with E-state index >= 15 is 0 Å². The zero-order valence-corrected chi connectivity index (χ0v) is 17.7. The van der Waals surface area contributed by atoms with Crippen molar-refractivity contribution >= 4 is 74.3 Å². The Morgan fingerprint density at radius 1 is 1.19 bits per heavy atom. The molecule has 0 aliphatic heterocycles. The highest BCUT2D eigenvalue weighted by atomic mass is 35.5. The number of thiazole rings is 2. The van der Waals surface area contributed by atoms with Crippen molar-refractivity contribution in [3.8, 4) is 9.88 Å². The van der Waals surface area contributed by atoms with E-state index in [-0.39, 0.29) is 11.7 Å². The Morgan fingerprint density at radius 2 is 1.96 bits per heavy atom. The maximum atomic E-state index is 12.6. The van der Waals surface area contributed by atoms with Crippen LogP contribution in [0, 0.1) is 13.8 Å². The van der Waals surface area contributed by atoms with Crippen LogP contribution in [0.5, 0.6) is 0 Å². The van der Waals surface area contributed by atoms with Gasteiger partial charge in [-0.25, -0.2) is 9.97 Å². The van der Waals surface area contributed by atoms with Crippen molar-refractivity contribution < 1.29 is 9.59 Å². The number of aromatic nitrogens is 2. The largest absolute Gasteiger partial charge is 0.369 e. The lowest BCUT2D eigenvalue weighted by molar-refractivity contribution is -0.115. The fraction of sp³-hybridized carbons (Fsp3) is 0.200. The van der Waals surface area contributed by atoms with E-state index in [1.54, 1.807) is 6.92 Å². The van der Waals surface area contributed by atoms with Crippen molar-refractivity contribution in [1.82, 2.24) is 9.97 Å². The van der Waals surface area contributed by atoms with Crippen molar-refractivity contribution in [2.45, 2.75) is 18.1 Å². The van der Waals surface area contributed by atoms with Gasteiger partial charge in [-0.2, -0.15) is 0 Å². The molecule has 2 amide bonds. The highest BCUT2D eigenvalue weighted by Crippen LogP contribution is 2.36. The molecule has 136 valence electrons. The molecule has 3 rings (SSSR count). The smallest absolute Gasteiger partial charge is 0.269 e. The van der Waals surface area contributed by atoms with Gasteiger partial charge in [-0.15, -0.1) is 34.4 Å². The van der Waals surface area contributed by atoms with Gasteiger partial charge in [0.2, 0.25) is 5.91 Å². The number of nitrogens with zero attached hydrogens (tertiary/aromatic N) is 2. The van der Waals surface area contributed by atoms with Crippen LogP contribution in [0.15, 0.2) is 16.3 Å². The number of amides is 2. The Balaban J connectivity index is 1.75. The summed E-state index contributed by atoms with van der Waals surface area (Å²) in [6.07, 6.45) is 0. The molecular formula is C15H13ClN4O2S4. The molecule has 11 heteroatoms. The second-order valence-corrected chi connectivity index (χ2v) is 10.1. The van der Waals surface area contributed by atoms with Crippen molar-refractivity contribution in [3.05, 3.63) is 32.7 Å². The minimum absolute atomic E-state index is 0.178. The SMILES string of the molecule is Cc1nc(NC(=O)c2sc(-c3ccc(Cl)s3)nc2C)sc1SCC(N)=O. The molecule has 0 saturated heterocycles. The zero-order chi connectivity index (χ0) is 18.8. The molecule has 0 fully saturated rings. The minimum Gasteiger partial charge on any atom is -0.369 e. The lowest BCUT2D eigenvalue weighted by atomic mass is 10.4.